The van der Waals surface area contributed by atoms with Gasteiger partial charge in [0.1, 0.15) is 0 Å². The van der Waals surface area contributed by atoms with E-state index in [1.54, 1.807) is 0 Å². The molecule has 4 nitrogen and oxygen atoms in total. The first-order valence-electron chi connectivity index (χ1n) is 3.54. The third-order valence-corrected chi connectivity index (χ3v) is 1.65. The number of carbonyl (C=O) groups is 1. The van der Waals surface area contributed by atoms with Crippen LogP contribution in [0.3, 0.4) is 0 Å². The van der Waals surface area contributed by atoms with Crippen molar-refractivity contribution in [2.24, 2.45) is 5.92 Å². The molecule has 1 saturated heterocycles. The van der Waals surface area contributed by atoms with Gasteiger partial charge >= 0.3 is 5.97 Å². The highest BCUT2D eigenvalue weighted by molar-refractivity contribution is 5.69. The van der Waals surface area contributed by atoms with E-state index < -0.39 is 0 Å². The Morgan fingerprint density at radius 3 is 2.73 bits per heavy atom. The molecule has 64 valence electrons. The third kappa shape index (κ3) is 2.17. The van der Waals surface area contributed by atoms with Crippen molar-refractivity contribution in [3.05, 3.63) is 0 Å². The molecule has 1 fully saturated rings. The van der Waals surface area contributed by atoms with Crippen LogP contribution in [0.1, 0.15) is 13.3 Å². The van der Waals surface area contributed by atoms with E-state index in [9.17, 15) is 4.79 Å². The molecule has 1 heterocycles. The molecule has 0 aromatic carbocycles. The van der Waals surface area contributed by atoms with Gasteiger partial charge in [0.05, 0.1) is 13.5 Å². The molecule has 0 aromatic rings. The van der Waals surface area contributed by atoms with Crippen LogP contribution in [0.15, 0.2) is 0 Å². The van der Waals surface area contributed by atoms with Crippen LogP contribution in [-0.2, 0) is 19.0 Å². The Morgan fingerprint density at radius 2 is 2.36 bits per heavy atom. The van der Waals surface area contributed by atoms with Crippen molar-refractivity contribution in [3.63, 3.8) is 0 Å². The van der Waals surface area contributed by atoms with Crippen LogP contribution in [0.2, 0.25) is 0 Å². The van der Waals surface area contributed by atoms with Gasteiger partial charge in [0.2, 0.25) is 0 Å². The van der Waals surface area contributed by atoms with Crippen LogP contribution in [0.4, 0.5) is 0 Å². The molecule has 11 heavy (non-hydrogen) atoms. The summed E-state index contributed by atoms with van der Waals surface area (Å²) in [4.78, 5) is 10.7. The molecule has 1 unspecified atom stereocenters. The molecule has 0 aliphatic carbocycles. The van der Waals surface area contributed by atoms with Gasteiger partial charge in [0.25, 0.3) is 0 Å². The quantitative estimate of drug-likeness (QED) is 0.564. The first-order chi connectivity index (χ1) is 5.24. The minimum Gasteiger partial charge on any atom is -0.469 e. The van der Waals surface area contributed by atoms with E-state index >= 15 is 0 Å². The summed E-state index contributed by atoms with van der Waals surface area (Å²) < 4.78 is 14.5. The monoisotopic (exact) mass is 160 g/mol. The third-order valence-electron chi connectivity index (χ3n) is 1.65. The van der Waals surface area contributed by atoms with Crippen LogP contribution in [-0.4, -0.2) is 26.2 Å². The average molecular weight is 160 g/mol. The SMILES string of the molecule is COC(=O)CC(C)C1OCO1. The van der Waals surface area contributed by atoms with Gasteiger partial charge < -0.3 is 14.2 Å². The molecule has 1 aliphatic rings. The van der Waals surface area contributed by atoms with E-state index in [4.69, 9.17) is 9.47 Å². The minimum absolute atomic E-state index is 0.0798. The normalized spacial score (nSPS) is 20.5. The summed E-state index contributed by atoms with van der Waals surface area (Å²) in [7, 11) is 1.37. The smallest absolute Gasteiger partial charge is 0.305 e. The zero-order valence-electron chi connectivity index (χ0n) is 6.70. The van der Waals surface area contributed by atoms with Crippen molar-refractivity contribution in [2.45, 2.75) is 19.6 Å². The maximum absolute atomic E-state index is 10.7. The summed E-state index contributed by atoms with van der Waals surface area (Å²) in [5.74, 6) is -0.146. The molecule has 1 aliphatic heterocycles. The number of rotatable bonds is 3. The Labute approximate surface area is 65.4 Å². The molecule has 1 rings (SSSR count). The molecular weight excluding hydrogens is 148 g/mol. The zero-order chi connectivity index (χ0) is 8.27. The summed E-state index contributed by atoms with van der Waals surface area (Å²) in [5, 5.41) is 0. The molecule has 1 atom stereocenters. The predicted molar refractivity (Wildman–Crippen MR) is 36.6 cm³/mol. The lowest BCUT2D eigenvalue weighted by Gasteiger charge is -2.31. The van der Waals surface area contributed by atoms with Gasteiger partial charge in [-0.1, -0.05) is 6.92 Å². The van der Waals surface area contributed by atoms with Crippen molar-refractivity contribution in [3.8, 4) is 0 Å². The van der Waals surface area contributed by atoms with Crippen molar-refractivity contribution in [1.29, 1.82) is 0 Å². The highest BCUT2D eigenvalue weighted by atomic mass is 16.8. The van der Waals surface area contributed by atoms with E-state index in [1.807, 2.05) is 6.92 Å². The average Bonchev–Trinajstić information content (AvgIpc) is 1.83. The summed E-state index contributed by atoms with van der Waals surface area (Å²) >= 11 is 0. The number of hydrogen-bond donors (Lipinski definition) is 0. The molecule has 4 heteroatoms. The molecule has 0 N–H and O–H groups in total. The fourth-order valence-corrected chi connectivity index (χ4v) is 0.918. The Hall–Kier alpha value is -0.610. The summed E-state index contributed by atoms with van der Waals surface area (Å²) in [6.07, 6.45) is 0.135. The molecule has 0 spiro atoms. The lowest BCUT2D eigenvalue weighted by Crippen LogP contribution is -2.37. The van der Waals surface area contributed by atoms with Gasteiger partial charge in [0, 0.05) is 5.92 Å². The van der Waals surface area contributed by atoms with Gasteiger partial charge in [0.15, 0.2) is 13.1 Å². The second kappa shape index (κ2) is 3.69. The van der Waals surface area contributed by atoms with E-state index in [0.717, 1.165) is 0 Å². The molecule has 0 aromatic heterocycles. The number of esters is 1. The Kier molecular flexibility index (Phi) is 2.84. The van der Waals surface area contributed by atoms with Crippen molar-refractivity contribution in [2.75, 3.05) is 13.9 Å². The largest absolute Gasteiger partial charge is 0.469 e. The zero-order valence-corrected chi connectivity index (χ0v) is 6.70. The van der Waals surface area contributed by atoms with Gasteiger partial charge in [-0.05, 0) is 0 Å². The lowest BCUT2D eigenvalue weighted by atomic mass is 10.1. The number of carbonyl (C=O) groups excluding carboxylic acids is 1. The fraction of sp³-hybridized carbons (Fsp3) is 0.857. The maximum Gasteiger partial charge on any atom is 0.305 e. The van der Waals surface area contributed by atoms with E-state index in [-0.39, 0.29) is 18.2 Å². The van der Waals surface area contributed by atoms with Gasteiger partial charge in [-0.2, -0.15) is 0 Å². The van der Waals surface area contributed by atoms with Crippen molar-refractivity contribution < 1.29 is 19.0 Å². The number of methoxy groups -OCH3 is 1. The van der Waals surface area contributed by atoms with E-state index in [2.05, 4.69) is 4.74 Å². The Balaban J connectivity index is 2.19. The number of hydrogen-bond acceptors (Lipinski definition) is 4. The van der Waals surface area contributed by atoms with E-state index in [0.29, 0.717) is 13.2 Å². The van der Waals surface area contributed by atoms with Crippen LogP contribution in [0, 0.1) is 5.92 Å². The number of ether oxygens (including phenoxy) is 3. The molecule has 0 radical (unpaired) electrons. The summed E-state index contributed by atoms with van der Waals surface area (Å²) in [6, 6.07) is 0. The standard InChI is InChI=1S/C7H12O4/c1-5(3-6(8)9-2)7-10-4-11-7/h5,7H,3-4H2,1-2H3. The predicted octanol–water partition coefficient (Wildman–Crippen LogP) is 0.516. The topological polar surface area (TPSA) is 44.8 Å². The summed E-state index contributed by atoms with van der Waals surface area (Å²) in [6.45, 7) is 2.23. The highest BCUT2D eigenvalue weighted by Gasteiger charge is 2.27. The van der Waals surface area contributed by atoms with Gasteiger partial charge in [-0.25, -0.2) is 0 Å². The van der Waals surface area contributed by atoms with Crippen LogP contribution < -0.4 is 0 Å². The fourth-order valence-electron chi connectivity index (χ4n) is 0.918. The molecule has 0 bridgehead atoms. The molecular formula is C7H12O4. The maximum atomic E-state index is 10.7. The van der Waals surface area contributed by atoms with Gasteiger partial charge in [-0.3, -0.25) is 4.79 Å². The van der Waals surface area contributed by atoms with Crippen LogP contribution >= 0.6 is 0 Å². The highest BCUT2D eigenvalue weighted by Crippen LogP contribution is 2.19. The Bertz CT molecular complexity index is 141. The molecule has 0 amide bonds. The minimum atomic E-state index is -0.225. The van der Waals surface area contributed by atoms with Crippen LogP contribution in [0.25, 0.3) is 0 Å². The van der Waals surface area contributed by atoms with Crippen LogP contribution in [0.5, 0.6) is 0 Å². The first-order valence-corrected chi connectivity index (χ1v) is 3.54. The second-order valence-electron chi connectivity index (χ2n) is 2.58. The molecule has 0 saturated carbocycles. The van der Waals surface area contributed by atoms with Crippen molar-refractivity contribution in [1.82, 2.24) is 0 Å². The van der Waals surface area contributed by atoms with E-state index in [1.165, 1.54) is 7.11 Å². The lowest BCUT2D eigenvalue weighted by molar-refractivity contribution is -0.338. The first kappa shape index (κ1) is 8.49. The summed E-state index contributed by atoms with van der Waals surface area (Å²) in [5.41, 5.74) is 0. The Morgan fingerprint density at radius 1 is 1.73 bits per heavy atom. The van der Waals surface area contributed by atoms with Crippen molar-refractivity contribution >= 4 is 5.97 Å². The van der Waals surface area contributed by atoms with Gasteiger partial charge in [-0.15, -0.1) is 0 Å². The second-order valence-corrected chi connectivity index (χ2v) is 2.58.